The van der Waals surface area contributed by atoms with Crippen LogP contribution < -0.4 is 10.3 Å². The van der Waals surface area contributed by atoms with Crippen LogP contribution in [-0.2, 0) is 13.1 Å². The van der Waals surface area contributed by atoms with Gasteiger partial charge in [0.15, 0.2) is 5.82 Å². The zero-order valence-corrected chi connectivity index (χ0v) is 21.3. The Bertz CT molecular complexity index is 1540. The van der Waals surface area contributed by atoms with Gasteiger partial charge in [0.25, 0.3) is 5.56 Å². The van der Waals surface area contributed by atoms with E-state index in [4.69, 9.17) is 4.74 Å². The Morgan fingerprint density at radius 2 is 1.78 bits per heavy atom. The van der Waals surface area contributed by atoms with Crippen LogP contribution in [0.5, 0.6) is 5.75 Å². The number of benzene rings is 3. The lowest BCUT2D eigenvalue weighted by molar-refractivity contribution is 0.214. The molecular formula is C29H30N6O2. The molecule has 2 aromatic heterocycles. The summed E-state index contributed by atoms with van der Waals surface area (Å²) in [6, 6.07) is 25.7. The second-order valence-electron chi connectivity index (χ2n) is 9.14. The van der Waals surface area contributed by atoms with E-state index >= 15 is 0 Å². The van der Waals surface area contributed by atoms with Crippen molar-refractivity contribution in [1.82, 2.24) is 30.1 Å². The number of aromatic nitrogens is 5. The summed E-state index contributed by atoms with van der Waals surface area (Å²) in [5, 5.41) is 13.8. The molecule has 1 unspecified atom stereocenters. The molecule has 188 valence electrons. The molecule has 5 aromatic rings. The van der Waals surface area contributed by atoms with Gasteiger partial charge in [0.2, 0.25) is 0 Å². The van der Waals surface area contributed by atoms with Gasteiger partial charge >= 0.3 is 0 Å². The van der Waals surface area contributed by atoms with Crippen molar-refractivity contribution in [3.05, 3.63) is 117 Å². The van der Waals surface area contributed by atoms with E-state index < -0.39 is 6.04 Å². The lowest BCUT2D eigenvalue weighted by atomic mass is 10.0. The molecule has 8 heteroatoms. The van der Waals surface area contributed by atoms with Crippen molar-refractivity contribution >= 4 is 10.9 Å². The lowest BCUT2D eigenvalue weighted by Gasteiger charge is -2.30. The largest absolute Gasteiger partial charge is 0.497 e. The number of rotatable bonds is 9. The van der Waals surface area contributed by atoms with E-state index in [-0.39, 0.29) is 5.56 Å². The molecule has 1 atom stereocenters. The summed E-state index contributed by atoms with van der Waals surface area (Å²) in [6.45, 7) is 5.91. The van der Waals surface area contributed by atoms with Crippen molar-refractivity contribution in [3.8, 4) is 5.75 Å². The molecule has 5 rings (SSSR count). The minimum Gasteiger partial charge on any atom is -0.497 e. The summed E-state index contributed by atoms with van der Waals surface area (Å²) in [4.78, 5) is 18.8. The van der Waals surface area contributed by atoms with Crippen molar-refractivity contribution in [1.29, 1.82) is 0 Å². The minimum absolute atomic E-state index is 0.145. The average Bonchev–Trinajstić information content (AvgIpc) is 3.37. The Hall–Kier alpha value is -4.30. The fraction of sp³-hybridized carbons (Fsp3) is 0.241. The maximum atomic E-state index is 13.5. The van der Waals surface area contributed by atoms with Gasteiger partial charge in [0.05, 0.1) is 13.7 Å². The first-order chi connectivity index (χ1) is 18.1. The maximum Gasteiger partial charge on any atom is 0.253 e. The number of fused-ring (bicyclic) bond motifs is 1. The Labute approximate surface area is 215 Å². The van der Waals surface area contributed by atoms with Gasteiger partial charge in [-0.3, -0.25) is 9.69 Å². The molecule has 0 spiro atoms. The van der Waals surface area contributed by atoms with Crippen LogP contribution in [0.25, 0.3) is 10.9 Å². The molecule has 2 heterocycles. The molecule has 0 saturated carbocycles. The van der Waals surface area contributed by atoms with E-state index in [1.54, 1.807) is 11.8 Å². The van der Waals surface area contributed by atoms with Gasteiger partial charge in [-0.2, -0.15) is 0 Å². The van der Waals surface area contributed by atoms with Crippen molar-refractivity contribution in [2.75, 3.05) is 13.7 Å². The highest BCUT2D eigenvalue weighted by Crippen LogP contribution is 2.29. The van der Waals surface area contributed by atoms with Gasteiger partial charge in [-0.05, 0) is 70.2 Å². The maximum absolute atomic E-state index is 13.5. The first-order valence-corrected chi connectivity index (χ1v) is 12.4. The standard InChI is InChI=1S/C29H30N6O2/c1-4-34(18-21-8-6-5-7-9-21)27(25-17-23-13-10-20(2)16-26(23)30-29(25)36)28-31-32-33-35(28)19-22-11-14-24(37-3)15-12-22/h5-17,27H,4,18-19H2,1-3H3,(H,30,36). The summed E-state index contributed by atoms with van der Waals surface area (Å²) < 4.78 is 7.07. The highest BCUT2D eigenvalue weighted by atomic mass is 16.5. The summed E-state index contributed by atoms with van der Waals surface area (Å²) in [5.74, 6) is 1.40. The van der Waals surface area contributed by atoms with Gasteiger partial charge in [0, 0.05) is 17.6 Å². The number of aryl methyl sites for hydroxylation is 1. The summed E-state index contributed by atoms with van der Waals surface area (Å²) >= 11 is 0. The highest BCUT2D eigenvalue weighted by molar-refractivity contribution is 5.79. The first-order valence-electron chi connectivity index (χ1n) is 12.4. The third-order valence-corrected chi connectivity index (χ3v) is 6.62. The molecule has 0 aliphatic heterocycles. The summed E-state index contributed by atoms with van der Waals surface area (Å²) in [7, 11) is 1.65. The summed E-state index contributed by atoms with van der Waals surface area (Å²) in [6.07, 6.45) is 0. The van der Waals surface area contributed by atoms with E-state index in [0.29, 0.717) is 31.0 Å². The molecule has 0 radical (unpaired) electrons. The smallest absolute Gasteiger partial charge is 0.253 e. The van der Waals surface area contributed by atoms with Crippen LogP contribution in [-0.4, -0.2) is 43.7 Å². The van der Waals surface area contributed by atoms with Crippen molar-refractivity contribution in [3.63, 3.8) is 0 Å². The van der Waals surface area contributed by atoms with Gasteiger partial charge in [-0.15, -0.1) is 5.10 Å². The highest BCUT2D eigenvalue weighted by Gasteiger charge is 2.30. The topological polar surface area (TPSA) is 88.9 Å². The number of pyridine rings is 1. The van der Waals surface area contributed by atoms with Gasteiger partial charge in [0.1, 0.15) is 11.8 Å². The number of tetrazole rings is 1. The predicted molar refractivity (Wildman–Crippen MR) is 144 cm³/mol. The number of H-pyrrole nitrogens is 1. The zero-order chi connectivity index (χ0) is 25.8. The van der Waals surface area contributed by atoms with Crippen LogP contribution in [0, 0.1) is 6.92 Å². The first kappa shape index (κ1) is 24.4. The van der Waals surface area contributed by atoms with E-state index in [2.05, 4.69) is 50.5 Å². The van der Waals surface area contributed by atoms with Gasteiger partial charge < -0.3 is 9.72 Å². The Balaban J connectivity index is 1.61. The van der Waals surface area contributed by atoms with E-state index in [1.807, 2.05) is 67.6 Å². The number of aromatic amines is 1. The van der Waals surface area contributed by atoms with Crippen molar-refractivity contribution in [2.45, 2.75) is 33.0 Å². The van der Waals surface area contributed by atoms with Crippen molar-refractivity contribution in [2.24, 2.45) is 0 Å². The van der Waals surface area contributed by atoms with E-state index in [0.717, 1.165) is 33.3 Å². The van der Waals surface area contributed by atoms with Crippen LogP contribution in [0.1, 0.15) is 41.0 Å². The second kappa shape index (κ2) is 10.8. The number of nitrogens with one attached hydrogen (secondary N) is 1. The summed E-state index contributed by atoms with van der Waals surface area (Å²) in [5.41, 5.74) is 4.55. The predicted octanol–water partition coefficient (Wildman–Crippen LogP) is 4.49. The fourth-order valence-electron chi connectivity index (χ4n) is 4.66. The molecule has 0 bridgehead atoms. The number of methoxy groups -OCH3 is 1. The second-order valence-corrected chi connectivity index (χ2v) is 9.14. The van der Waals surface area contributed by atoms with Gasteiger partial charge in [-0.1, -0.05) is 61.5 Å². The van der Waals surface area contributed by atoms with Crippen LogP contribution in [0.2, 0.25) is 0 Å². The molecule has 1 N–H and O–H groups in total. The Morgan fingerprint density at radius 3 is 2.51 bits per heavy atom. The number of hydrogen-bond donors (Lipinski definition) is 1. The third kappa shape index (κ3) is 5.29. The van der Waals surface area contributed by atoms with Gasteiger partial charge in [-0.25, -0.2) is 4.68 Å². The molecule has 0 aliphatic carbocycles. The lowest BCUT2D eigenvalue weighted by Crippen LogP contribution is -2.35. The molecule has 37 heavy (non-hydrogen) atoms. The molecule has 3 aromatic carbocycles. The van der Waals surface area contributed by atoms with Crippen LogP contribution >= 0.6 is 0 Å². The third-order valence-electron chi connectivity index (χ3n) is 6.62. The molecule has 0 aliphatic rings. The SMILES string of the molecule is CCN(Cc1ccccc1)C(c1cc2ccc(C)cc2[nH]c1=O)c1nnnn1Cc1ccc(OC)cc1. The molecular weight excluding hydrogens is 464 g/mol. The van der Waals surface area contributed by atoms with Crippen LogP contribution in [0.15, 0.2) is 83.7 Å². The number of hydrogen-bond acceptors (Lipinski definition) is 6. The molecule has 0 fully saturated rings. The molecule has 0 amide bonds. The quantitative estimate of drug-likeness (QED) is 0.325. The number of nitrogens with zero attached hydrogens (tertiary/aromatic N) is 5. The Morgan fingerprint density at radius 1 is 1.00 bits per heavy atom. The van der Waals surface area contributed by atoms with Crippen LogP contribution in [0.3, 0.4) is 0 Å². The number of ether oxygens (including phenoxy) is 1. The normalized spacial score (nSPS) is 12.2. The minimum atomic E-state index is -0.451. The fourth-order valence-corrected chi connectivity index (χ4v) is 4.66. The van der Waals surface area contributed by atoms with E-state index in [1.165, 1.54) is 0 Å². The Kier molecular flexibility index (Phi) is 7.09. The van der Waals surface area contributed by atoms with Crippen LogP contribution in [0.4, 0.5) is 0 Å². The van der Waals surface area contributed by atoms with E-state index in [9.17, 15) is 4.79 Å². The monoisotopic (exact) mass is 494 g/mol. The molecule has 0 saturated heterocycles. The average molecular weight is 495 g/mol. The zero-order valence-electron chi connectivity index (χ0n) is 21.3. The van der Waals surface area contributed by atoms with Crippen molar-refractivity contribution < 1.29 is 4.74 Å². The molecule has 8 nitrogen and oxygen atoms in total.